The smallest absolute Gasteiger partial charge is 0.404 e. The number of carbonyl (C=O) groups is 2. The van der Waals surface area contributed by atoms with Gasteiger partial charge in [0.15, 0.2) is 0 Å². The van der Waals surface area contributed by atoms with Gasteiger partial charge in [0, 0.05) is 5.56 Å². The number of halogens is 1. The van der Waals surface area contributed by atoms with Crippen molar-refractivity contribution >= 4 is 29.7 Å². The van der Waals surface area contributed by atoms with Gasteiger partial charge < -0.3 is 19.9 Å². The zero-order chi connectivity index (χ0) is 29.4. The summed E-state index contributed by atoms with van der Waals surface area (Å²) in [7, 11) is -0.520. The van der Waals surface area contributed by atoms with Gasteiger partial charge in [0.25, 0.3) is 5.91 Å². The summed E-state index contributed by atoms with van der Waals surface area (Å²) in [6.45, 7) is 8.79. The first-order valence-corrected chi connectivity index (χ1v) is 15.3. The third-order valence-corrected chi connectivity index (χ3v) is 10.5. The van der Waals surface area contributed by atoms with Crippen molar-refractivity contribution in [3.8, 4) is 0 Å². The normalized spacial score (nSPS) is 31.7. The van der Waals surface area contributed by atoms with E-state index in [0.717, 1.165) is 29.0 Å². The Kier molecular flexibility index (Phi) is 6.52. The third-order valence-electron chi connectivity index (χ3n) is 10.5. The van der Waals surface area contributed by atoms with Crippen molar-refractivity contribution in [2.24, 2.45) is 29.1 Å². The summed E-state index contributed by atoms with van der Waals surface area (Å²) < 4.78 is 27.4. The molecule has 0 radical (unpaired) electrons. The maximum absolute atomic E-state index is 14.3. The summed E-state index contributed by atoms with van der Waals surface area (Å²) in [5, 5.41) is 8.15. The molecule has 4 aliphatic carbocycles. The van der Waals surface area contributed by atoms with Crippen LogP contribution in [0.2, 0.25) is 0 Å². The number of amides is 2. The number of hydrogen-bond donors (Lipinski definition) is 2. The highest BCUT2D eigenvalue weighted by Gasteiger charge is 2.91. The largest absolute Gasteiger partial charge is 0.481 e. The van der Waals surface area contributed by atoms with Crippen LogP contribution in [-0.2, 0) is 14.1 Å². The van der Waals surface area contributed by atoms with E-state index in [0.29, 0.717) is 34.8 Å². The van der Waals surface area contributed by atoms with E-state index < -0.39 is 19.0 Å². The minimum Gasteiger partial charge on any atom is -0.404 e. The van der Waals surface area contributed by atoms with E-state index in [-0.39, 0.29) is 35.9 Å². The van der Waals surface area contributed by atoms with Crippen molar-refractivity contribution in [3.63, 3.8) is 0 Å². The van der Waals surface area contributed by atoms with Gasteiger partial charge in [-0.1, -0.05) is 63.2 Å². The molecule has 4 saturated carbocycles. The van der Waals surface area contributed by atoms with Crippen LogP contribution in [0.5, 0.6) is 0 Å². The molecule has 1 heterocycles. The van der Waals surface area contributed by atoms with E-state index in [2.05, 4.69) is 38.3 Å². The van der Waals surface area contributed by atoms with Crippen LogP contribution in [0.25, 0.3) is 10.8 Å². The number of benzene rings is 3. The van der Waals surface area contributed by atoms with Crippen LogP contribution in [-0.4, -0.2) is 36.6 Å². The molecule has 6 nitrogen and oxygen atoms in total. The van der Waals surface area contributed by atoms with Gasteiger partial charge in [0.05, 0.1) is 30.1 Å². The van der Waals surface area contributed by atoms with Crippen LogP contribution < -0.4 is 10.6 Å². The Morgan fingerprint density at radius 2 is 1.79 bits per heavy atom. The molecule has 5 unspecified atom stereocenters. The van der Waals surface area contributed by atoms with Gasteiger partial charge in [-0.3, -0.25) is 9.59 Å². The number of carbonyl (C=O) groups excluding carboxylic acids is 2. The van der Waals surface area contributed by atoms with Gasteiger partial charge in [-0.15, -0.1) is 0 Å². The fourth-order valence-electron chi connectivity index (χ4n) is 8.31. The van der Waals surface area contributed by atoms with Gasteiger partial charge in [-0.05, 0) is 89.5 Å². The van der Waals surface area contributed by atoms with Crippen molar-refractivity contribution in [1.29, 1.82) is 0 Å². The molecule has 0 spiro atoms. The maximum atomic E-state index is 14.3. The van der Waals surface area contributed by atoms with E-state index in [1.54, 1.807) is 18.2 Å². The Balaban J connectivity index is 1.08. The molecule has 8 rings (SSSR count). The summed E-state index contributed by atoms with van der Waals surface area (Å²) in [6, 6.07) is 18.6. The highest BCUT2D eigenvalue weighted by atomic mass is 19.1. The lowest BCUT2D eigenvalue weighted by Gasteiger charge is -2.42. The van der Waals surface area contributed by atoms with E-state index in [1.807, 2.05) is 36.4 Å². The number of fused-ring (bicyclic) bond motifs is 1. The van der Waals surface area contributed by atoms with E-state index in [1.165, 1.54) is 12.1 Å². The quantitative estimate of drug-likeness (QED) is 0.317. The molecule has 2 amide bonds. The van der Waals surface area contributed by atoms with Crippen molar-refractivity contribution in [3.05, 3.63) is 83.7 Å². The Morgan fingerprint density at radius 3 is 2.52 bits per heavy atom. The molecule has 2 bridgehead atoms. The third kappa shape index (κ3) is 4.54. The topological polar surface area (TPSA) is 76.7 Å². The fraction of sp³-hybridized carbons (Fsp3) is 0.471. The lowest BCUT2D eigenvalue weighted by molar-refractivity contribution is -0.122. The SMILES string of the molecule is CC(C)C[C@H](NC(=O)CC(NC(=O)c1ccc2ccccc2c1)c1cccc(F)c1)B1O[C@@H]2CC3C4C(C34C)[C@]2(C)O1. The van der Waals surface area contributed by atoms with Crippen molar-refractivity contribution in [2.45, 2.75) is 70.6 Å². The molecule has 0 aromatic heterocycles. The van der Waals surface area contributed by atoms with Crippen LogP contribution in [0.1, 0.15) is 68.9 Å². The van der Waals surface area contributed by atoms with Crippen LogP contribution >= 0.6 is 0 Å². The van der Waals surface area contributed by atoms with Crippen LogP contribution in [0.3, 0.4) is 0 Å². The van der Waals surface area contributed by atoms with Crippen molar-refractivity contribution in [1.82, 2.24) is 10.6 Å². The Bertz CT molecular complexity index is 1570. The molecule has 1 aliphatic heterocycles. The highest BCUT2D eigenvalue weighted by Crippen LogP contribution is 2.91. The first-order valence-electron chi connectivity index (χ1n) is 15.3. The Labute approximate surface area is 246 Å². The lowest BCUT2D eigenvalue weighted by atomic mass is 9.71. The molecule has 218 valence electrons. The molecule has 8 heteroatoms. The minimum absolute atomic E-state index is 0.0460. The molecule has 1 saturated heterocycles. The molecule has 3 aromatic carbocycles. The molecule has 5 fully saturated rings. The Morgan fingerprint density at radius 1 is 1.02 bits per heavy atom. The summed E-state index contributed by atoms with van der Waals surface area (Å²) in [5.41, 5.74) is 1.12. The van der Waals surface area contributed by atoms with Crippen LogP contribution in [0.15, 0.2) is 66.7 Å². The van der Waals surface area contributed by atoms with Crippen LogP contribution in [0.4, 0.5) is 4.39 Å². The van der Waals surface area contributed by atoms with Crippen LogP contribution in [0, 0.1) is 34.9 Å². The van der Waals surface area contributed by atoms with Crippen molar-refractivity contribution < 1.29 is 23.3 Å². The summed E-state index contributed by atoms with van der Waals surface area (Å²) in [5.74, 6) is 1.03. The van der Waals surface area contributed by atoms with Crippen molar-refractivity contribution in [2.75, 3.05) is 0 Å². The van der Waals surface area contributed by atoms with Gasteiger partial charge in [-0.2, -0.15) is 0 Å². The fourth-order valence-corrected chi connectivity index (χ4v) is 8.31. The maximum Gasteiger partial charge on any atom is 0.481 e. The number of rotatable bonds is 9. The first kappa shape index (κ1) is 27.6. The average Bonchev–Trinajstić information content (AvgIpc) is 3.71. The Hall–Kier alpha value is -3.23. The van der Waals surface area contributed by atoms with E-state index in [4.69, 9.17) is 9.31 Å². The molecular formula is C34H38BFN2O4. The summed E-state index contributed by atoms with van der Waals surface area (Å²) >= 11 is 0. The standard InChI is InChI=1S/C34H38BFN2O4/c1-19(2)14-28(35-41-27-17-25-30-31(33(25,30)3)34(27,4)42-35)38-29(39)18-26(22-10-7-11-24(36)16-22)37-32(40)23-13-12-20-8-5-6-9-21(20)15-23/h5-13,15-16,19,25-28,30-31H,14,17-18H2,1-4H3,(H,37,40)(H,38,39)/t25?,26?,27-,28+,30?,31?,33?,34-/m1/s1. The molecule has 42 heavy (non-hydrogen) atoms. The second-order valence-corrected chi connectivity index (χ2v) is 13.7. The predicted molar refractivity (Wildman–Crippen MR) is 160 cm³/mol. The monoisotopic (exact) mass is 568 g/mol. The van der Waals surface area contributed by atoms with E-state index in [9.17, 15) is 14.0 Å². The van der Waals surface area contributed by atoms with Gasteiger partial charge in [0.1, 0.15) is 5.82 Å². The van der Waals surface area contributed by atoms with Gasteiger partial charge in [0.2, 0.25) is 5.91 Å². The molecule has 5 aliphatic rings. The second kappa shape index (κ2) is 9.92. The van der Waals surface area contributed by atoms with E-state index >= 15 is 0 Å². The van der Waals surface area contributed by atoms with Gasteiger partial charge >= 0.3 is 7.12 Å². The number of nitrogens with one attached hydrogen (secondary N) is 2. The lowest BCUT2D eigenvalue weighted by Crippen LogP contribution is -2.51. The second-order valence-electron chi connectivity index (χ2n) is 13.7. The minimum atomic E-state index is -0.722. The molecular weight excluding hydrogens is 530 g/mol. The molecule has 8 atom stereocenters. The molecule has 2 N–H and O–H groups in total. The highest BCUT2D eigenvalue weighted by molar-refractivity contribution is 6.48. The number of hydrogen-bond acceptors (Lipinski definition) is 4. The molecule has 3 aromatic rings. The summed E-state index contributed by atoms with van der Waals surface area (Å²) in [4.78, 5) is 27.0. The first-order chi connectivity index (χ1) is 20.1. The summed E-state index contributed by atoms with van der Waals surface area (Å²) in [6.07, 6.45) is 1.73. The zero-order valence-electron chi connectivity index (χ0n) is 24.6. The van der Waals surface area contributed by atoms with Gasteiger partial charge in [-0.25, -0.2) is 4.39 Å². The predicted octanol–water partition coefficient (Wildman–Crippen LogP) is 5.86. The average molecular weight is 568 g/mol. The zero-order valence-corrected chi connectivity index (χ0v) is 24.6.